The molecule has 1 aromatic carbocycles. The fourth-order valence-electron chi connectivity index (χ4n) is 0.850. The van der Waals surface area contributed by atoms with Gasteiger partial charge in [0.1, 0.15) is 0 Å². The van der Waals surface area contributed by atoms with E-state index in [1.54, 1.807) is 14.0 Å². The molecule has 0 atom stereocenters. The first-order chi connectivity index (χ1) is 7.11. The molecule has 0 saturated heterocycles. The van der Waals surface area contributed by atoms with Crippen molar-refractivity contribution in [1.82, 2.24) is 5.32 Å². The molecule has 0 aliphatic carbocycles. The van der Waals surface area contributed by atoms with Crippen molar-refractivity contribution in [3.8, 4) is 0 Å². The van der Waals surface area contributed by atoms with E-state index in [9.17, 15) is 9.59 Å². The fourth-order valence-corrected chi connectivity index (χ4v) is 0.850. The number of nitrogens with one attached hydrogen (secondary N) is 1. The van der Waals surface area contributed by atoms with Crippen LogP contribution in [0.4, 0.5) is 0 Å². The van der Waals surface area contributed by atoms with Gasteiger partial charge in [-0.3, -0.25) is 9.59 Å². The summed E-state index contributed by atoms with van der Waals surface area (Å²) < 4.78 is 0. The van der Waals surface area contributed by atoms with E-state index in [4.69, 9.17) is 0 Å². The molecule has 0 spiro atoms. The van der Waals surface area contributed by atoms with Crippen LogP contribution in [0.2, 0.25) is 0 Å². The predicted octanol–water partition coefficient (Wildman–Crippen LogP) is 2.03. The van der Waals surface area contributed by atoms with Crippen molar-refractivity contribution in [2.75, 3.05) is 7.05 Å². The third kappa shape index (κ3) is 6.43. The molecule has 0 bridgehead atoms. The number of benzene rings is 1. The van der Waals surface area contributed by atoms with Crippen LogP contribution < -0.4 is 5.32 Å². The Morgan fingerprint density at radius 1 is 1.20 bits per heavy atom. The topological polar surface area (TPSA) is 46.2 Å². The maximum atomic E-state index is 10.6. The van der Waals surface area contributed by atoms with Gasteiger partial charge in [-0.05, 0) is 6.92 Å². The number of ketones is 1. The zero-order valence-corrected chi connectivity index (χ0v) is 9.41. The molecule has 15 heavy (non-hydrogen) atoms. The van der Waals surface area contributed by atoms with Crippen molar-refractivity contribution in [1.29, 1.82) is 0 Å². The predicted molar refractivity (Wildman–Crippen MR) is 60.8 cm³/mol. The summed E-state index contributed by atoms with van der Waals surface area (Å²) in [6.07, 6.45) is 0.580. The van der Waals surface area contributed by atoms with Crippen LogP contribution in [0.3, 0.4) is 0 Å². The summed E-state index contributed by atoms with van der Waals surface area (Å²) in [5.41, 5.74) is 0.775. The average Bonchev–Trinajstić information content (AvgIpc) is 2.30. The van der Waals surface area contributed by atoms with Gasteiger partial charge in [-0.15, -0.1) is 0 Å². The van der Waals surface area contributed by atoms with Gasteiger partial charge in [0, 0.05) is 19.0 Å². The van der Waals surface area contributed by atoms with Crippen LogP contribution in [-0.4, -0.2) is 18.7 Å². The Balaban J connectivity index is 0.000000288. The molecule has 0 radical (unpaired) electrons. The normalized spacial score (nSPS) is 8.47. The van der Waals surface area contributed by atoms with Gasteiger partial charge in [-0.1, -0.05) is 37.3 Å². The number of rotatable bonds is 2. The SMILES string of the molecule is CC(=O)c1ccccc1.CCC(=O)NC. The number of hydrogen-bond acceptors (Lipinski definition) is 2. The molecule has 0 fully saturated rings. The van der Waals surface area contributed by atoms with E-state index in [-0.39, 0.29) is 11.7 Å². The van der Waals surface area contributed by atoms with Gasteiger partial charge >= 0.3 is 0 Å². The molecule has 3 nitrogen and oxygen atoms in total. The first-order valence-corrected chi connectivity index (χ1v) is 4.88. The Bertz CT molecular complexity index is 301. The molecule has 0 heterocycles. The standard InChI is InChI=1S/C8H8O.C4H9NO/c1-7(9)8-5-3-2-4-6-8;1-3-4(6)5-2/h2-6H,1H3;3H2,1-2H3,(H,5,6). The Kier molecular flexibility index (Phi) is 6.89. The van der Waals surface area contributed by atoms with E-state index in [1.807, 2.05) is 37.3 Å². The monoisotopic (exact) mass is 207 g/mol. The van der Waals surface area contributed by atoms with E-state index in [0.717, 1.165) is 5.56 Å². The number of carbonyl (C=O) groups is 2. The molecule has 0 aliphatic rings. The fraction of sp³-hybridized carbons (Fsp3) is 0.333. The number of carbonyl (C=O) groups excluding carboxylic acids is 2. The van der Waals surface area contributed by atoms with Crippen molar-refractivity contribution in [3.05, 3.63) is 35.9 Å². The van der Waals surface area contributed by atoms with Crippen molar-refractivity contribution in [2.24, 2.45) is 0 Å². The smallest absolute Gasteiger partial charge is 0.219 e. The highest BCUT2D eigenvalue weighted by molar-refractivity contribution is 5.93. The molecule has 0 aliphatic heterocycles. The summed E-state index contributed by atoms with van der Waals surface area (Å²) in [6, 6.07) is 9.23. The lowest BCUT2D eigenvalue weighted by molar-refractivity contribution is -0.120. The average molecular weight is 207 g/mol. The van der Waals surface area contributed by atoms with E-state index >= 15 is 0 Å². The molecule has 1 rings (SSSR count). The molecule has 1 amide bonds. The Morgan fingerprint density at radius 2 is 1.73 bits per heavy atom. The van der Waals surface area contributed by atoms with E-state index in [1.165, 1.54) is 0 Å². The van der Waals surface area contributed by atoms with Gasteiger partial charge in [0.05, 0.1) is 0 Å². The highest BCUT2D eigenvalue weighted by atomic mass is 16.1. The summed E-state index contributed by atoms with van der Waals surface area (Å²) in [4.78, 5) is 20.7. The van der Waals surface area contributed by atoms with Crippen molar-refractivity contribution < 1.29 is 9.59 Å². The summed E-state index contributed by atoms with van der Waals surface area (Å²) in [6.45, 7) is 3.38. The molecular formula is C12H17NO2. The number of hydrogen-bond donors (Lipinski definition) is 1. The summed E-state index contributed by atoms with van der Waals surface area (Å²) in [5, 5.41) is 2.48. The summed E-state index contributed by atoms with van der Waals surface area (Å²) >= 11 is 0. The van der Waals surface area contributed by atoms with Crippen LogP contribution in [0.15, 0.2) is 30.3 Å². The van der Waals surface area contributed by atoms with E-state index < -0.39 is 0 Å². The van der Waals surface area contributed by atoms with Gasteiger partial charge in [0.25, 0.3) is 0 Å². The van der Waals surface area contributed by atoms with Crippen molar-refractivity contribution >= 4 is 11.7 Å². The van der Waals surface area contributed by atoms with Gasteiger partial charge < -0.3 is 5.32 Å². The van der Waals surface area contributed by atoms with Crippen LogP contribution in [0.25, 0.3) is 0 Å². The molecule has 0 saturated carbocycles. The molecule has 82 valence electrons. The molecule has 1 N–H and O–H groups in total. The quantitative estimate of drug-likeness (QED) is 0.754. The summed E-state index contributed by atoms with van der Waals surface area (Å²) in [5.74, 6) is 0.214. The maximum Gasteiger partial charge on any atom is 0.219 e. The van der Waals surface area contributed by atoms with Gasteiger partial charge in [0.2, 0.25) is 5.91 Å². The molecule has 3 heteroatoms. The van der Waals surface area contributed by atoms with Crippen LogP contribution >= 0.6 is 0 Å². The van der Waals surface area contributed by atoms with E-state index in [2.05, 4.69) is 5.32 Å². The lowest BCUT2D eigenvalue weighted by Crippen LogP contribution is -2.15. The van der Waals surface area contributed by atoms with Crippen LogP contribution in [0.5, 0.6) is 0 Å². The second-order valence-electron chi connectivity index (χ2n) is 2.95. The second kappa shape index (κ2) is 7.74. The summed E-state index contributed by atoms with van der Waals surface area (Å²) in [7, 11) is 1.63. The lowest BCUT2D eigenvalue weighted by Gasteiger charge is -1.89. The van der Waals surface area contributed by atoms with Crippen LogP contribution in [0, 0.1) is 0 Å². The third-order valence-corrected chi connectivity index (χ3v) is 1.78. The first-order valence-electron chi connectivity index (χ1n) is 4.88. The second-order valence-corrected chi connectivity index (χ2v) is 2.95. The van der Waals surface area contributed by atoms with Gasteiger partial charge in [0.15, 0.2) is 5.78 Å². The first kappa shape index (κ1) is 13.4. The minimum Gasteiger partial charge on any atom is -0.359 e. The van der Waals surface area contributed by atoms with Crippen LogP contribution in [-0.2, 0) is 4.79 Å². The van der Waals surface area contributed by atoms with E-state index in [0.29, 0.717) is 6.42 Å². The lowest BCUT2D eigenvalue weighted by atomic mass is 10.2. The Morgan fingerprint density at radius 3 is 1.93 bits per heavy atom. The largest absolute Gasteiger partial charge is 0.359 e. The number of amides is 1. The Hall–Kier alpha value is -1.64. The minimum atomic E-state index is 0.0926. The van der Waals surface area contributed by atoms with Crippen molar-refractivity contribution in [2.45, 2.75) is 20.3 Å². The molecular weight excluding hydrogens is 190 g/mol. The molecule has 0 unspecified atom stereocenters. The van der Waals surface area contributed by atoms with Gasteiger partial charge in [-0.2, -0.15) is 0 Å². The van der Waals surface area contributed by atoms with Crippen molar-refractivity contribution in [3.63, 3.8) is 0 Å². The zero-order chi connectivity index (χ0) is 11.7. The molecule has 1 aromatic rings. The highest BCUT2D eigenvalue weighted by Crippen LogP contribution is 1.97. The maximum absolute atomic E-state index is 10.6. The molecule has 0 aromatic heterocycles. The Labute approximate surface area is 90.5 Å². The minimum absolute atomic E-state index is 0.0926. The third-order valence-electron chi connectivity index (χ3n) is 1.78. The van der Waals surface area contributed by atoms with Gasteiger partial charge in [-0.25, -0.2) is 0 Å². The highest BCUT2D eigenvalue weighted by Gasteiger charge is 1.92. The number of Topliss-reactive ketones (excluding diaryl/α,β-unsaturated/α-hetero) is 1. The zero-order valence-electron chi connectivity index (χ0n) is 9.41. The van der Waals surface area contributed by atoms with Crippen LogP contribution in [0.1, 0.15) is 30.6 Å².